The lowest BCUT2D eigenvalue weighted by Gasteiger charge is -2.42. The molecule has 1 amide bonds. The molecule has 1 aromatic heterocycles. The van der Waals surface area contributed by atoms with Gasteiger partial charge in [-0.2, -0.15) is 5.26 Å². The van der Waals surface area contributed by atoms with Gasteiger partial charge in [0.2, 0.25) is 5.91 Å². The summed E-state index contributed by atoms with van der Waals surface area (Å²) in [6.45, 7) is 1.92. The van der Waals surface area contributed by atoms with Crippen molar-refractivity contribution < 1.29 is 9.90 Å². The highest BCUT2D eigenvalue weighted by molar-refractivity contribution is 9.10. The fourth-order valence-electron chi connectivity index (χ4n) is 3.90. The van der Waals surface area contributed by atoms with Crippen molar-refractivity contribution in [2.75, 3.05) is 31.1 Å². The van der Waals surface area contributed by atoms with Crippen LogP contribution < -0.4 is 4.90 Å². The van der Waals surface area contributed by atoms with Crippen molar-refractivity contribution in [3.05, 3.63) is 21.8 Å². The monoisotopic (exact) mass is 418 g/mol. The van der Waals surface area contributed by atoms with Crippen molar-refractivity contribution in [2.24, 2.45) is 5.92 Å². The van der Waals surface area contributed by atoms with E-state index in [0.29, 0.717) is 30.5 Å². The largest absolute Gasteiger partial charge is 0.396 e. The summed E-state index contributed by atoms with van der Waals surface area (Å²) in [6.07, 6.45) is 4.80. The molecule has 138 valence electrons. The number of hydrogen-bond acceptors (Lipinski definition) is 5. The van der Waals surface area contributed by atoms with Crippen LogP contribution in [0.25, 0.3) is 0 Å². The average molecular weight is 419 g/mol. The summed E-state index contributed by atoms with van der Waals surface area (Å²) in [7, 11) is 0. The van der Waals surface area contributed by atoms with Crippen molar-refractivity contribution in [1.29, 1.82) is 5.26 Å². The number of piperazine rings is 1. The Morgan fingerprint density at radius 3 is 2.73 bits per heavy atom. The molecule has 1 unspecified atom stereocenters. The molecule has 1 aliphatic heterocycles. The number of pyridine rings is 1. The molecule has 6 nitrogen and oxygen atoms in total. The Morgan fingerprint density at radius 1 is 1.35 bits per heavy atom. The van der Waals surface area contributed by atoms with Gasteiger partial charge in [-0.1, -0.05) is 0 Å². The van der Waals surface area contributed by atoms with Crippen LogP contribution in [-0.4, -0.2) is 53.2 Å². The molecule has 2 heterocycles. The number of nitrogens with zero attached hydrogens (tertiary/aromatic N) is 4. The summed E-state index contributed by atoms with van der Waals surface area (Å²) in [6, 6.07) is 4.34. The van der Waals surface area contributed by atoms with Gasteiger partial charge in [0.15, 0.2) is 0 Å². The van der Waals surface area contributed by atoms with E-state index in [2.05, 4.69) is 26.9 Å². The molecule has 1 saturated heterocycles. The Hall–Kier alpha value is -1.65. The number of amides is 1. The van der Waals surface area contributed by atoms with Crippen LogP contribution in [0.15, 0.2) is 10.5 Å². The van der Waals surface area contributed by atoms with E-state index in [1.54, 1.807) is 0 Å². The Labute approximate surface area is 161 Å². The number of hydrogen-bond donors (Lipinski definition) is 1. The number of halogens is 1. The van der Waals surface area contributed by atoms with E-state index in [-0.39, 0.29) is 25.0 Å². The summed E-state index contributed by atoms with van der Waals surface area (Å²) in [4.78, 5) is 21.4. The lowest BCUT2D eigenvalue weighted by molar-refractivity contribution is -0.135. The predicted octanol–water partition coefficient (Wildman–Crippen LogP) is 2.40. The molecule has 1 atom stereocenters. The zero-order valence-electron chi connectivity index (χ0n) is 14.7. The maximum Gasteiger partial charge on any atom is 0.225 e. The molecule has 0 aromatic carbocycles. The summed E-state index contributed by atoms with van der Waals surface area (Å²) >= 11 is 3.57. The third-order valence-corrected chi connectivity index (χ3v) is 6.23. The maximum atomic E-state index is 12.4. The predicted molar refractivity (Wildman–Crippen MR) is 101 cm³/mol. The number of nitriles is 1. The molecule has 0 spiro atoms. The SMILES string of the molecule is N#Cc1cc(Br)c(C2CC2)nc1N1CCN(C(=O)CCO)C(C2CC2)C1. The van der Waals surface area contributed by atoms with Gasteiger partial charge in [0.25, 0.3) is 0 Å². The minimum Gasteiger partial charge on any atom is -0.396 e. The van der Waals surface area contributed by atoms with Crippen LogP contribution >= 0.6 is 15.9 Å². The molecule has 1 aromatic rings. The molecular formula is C19H23BrN4O2. The molecular weight excluding hydrogens is 396 g/mol. The van der Waals surface area contributed by atoms with Gasteiger partial charge in [0.1, 0.15) is 11.9 Å². The quantitative estimate of drug-likeness (QED) is 0.793. The number of rotatable bonds is 5. The first kappa shape index (κ1) is 17.7. The lowest BCUT2D eigenvalue weighted by atomic mass is 10.1. The van der Waals surface area contributed by atoms with E-state index >= 15 is 0 Å². The third kappa shape index (κ3) is 3.45. The Bertz CT molecular complexity index is 755. The highest BCUT2D eigenvalue weighted by Crippen LogP contribution is 2.44. The zero-order valence-corrected chi connectivity index (χ0v) is 16.3. The molecule has 2 saturated carbocycles. The van der Waals surface area contributed by atoms with Crippen LogP contribution in [0.4, 0.5) is 5.82 Å². The van der Waals surface area contributed by atoms with E-state index in [1.807, 2.05) is 11.0 Å². The maximum absolute atomic E-state index is 12.4. The minimum absolute atomic E-state index is 0.0343. The number of aliphatic hydroxyl groups is 1. The summed E-state index contributed by atoms with van der Waals surface area (Å²) in [5.74, 6) is 1.83. The van der Waals surface area contributed by atoms with Crippen LogP contribution in [0.5, 0.6) is 0 Å². The zero-order chi connectivity index (χ0) is 18.3. The van der Waals surface area contributed by atoms with Crippen LogP contribution in [-0.2, 0) is 4.79 Å². The fourth-order valence-corrected chi connectivity index (χ4v) is 4.54. The van der Waals surface area contributed by atoms with Crippen LogP contribution in [0, 0.1) is 17.2 Å². The number of anilines is 1. The first-order valence-electron chi connectivity index (χ1n) is 9.38. The number of aromatic nitrogens is 1. The van der Waals surface area contributed by atoms with Crippen molar-refractivity contribution in [3.8, 4) is 6.07 Å². The Kier molecular flexibility index (Phi) is 4.89. The van der Waals surface area contributed by atoms with Gasteiger partial charge in [-0.15, -0.1) is 0 Å². The molecule has 3 aliphatic rings. The second-order valence-corrected chi connectivity index (χ2v) is 8.38. The van der Waals surface area contributed by atoms with E-state index in [0.717, 1.165) is 48.2 Å². The average Bonchev–Trinajstić information content (AvgIpc) is 3.54. The molecule has 0 radical (unpaired) electrons. The van der Waals surface area contributed by atoms with Gasteiger partial charge in [0.05, 0.1) is 23.9 Å². The molecule has 0 bridgehead atoms. The highest BCUT2D eigenvalue weighted by Gasteiger charge is 2.41. The first-order valence-corrected chi connectivity index (χ1v) is 10.2. The van der Waals surface area contributed by atoms with Gasteiger partial charge >= 0.3 is 0 Å². The second-order valence-electron chi connectivity index (χ2n) is 7.52. The van der Waals surface area contributed by atoms with Crippen molar-refractivity contribution in [2.45, 2.75) is 44.1 Å². The van der Waals surface area contributed by atoms with Gasteiger partial charge < -0.3 is 14.9 Å². The summed E-state index contributed by atoms with van der Waals surface area (Å²) in [5.41, 5.74) is 1.65. The summed E-state index contributed by atoms with van der Waals surface area (Å²) < 4.78 is 0.927. The van der Waals surface area contributed by atoms with Gasteiger partial charge in [-0.05, 0) is 53.6 Å². The third-order valence-electron chi connectivity index (χ3n) is 5.60. The molecule has 2 aliphatic carbocycles. The summed E-state index contributed by atoms with van der Waals surface area (Å²) in [5, 5.41) is 18.7. The van der Waals surface area contributed by atoms with Crippen molar-refractivity contribution >= 4 is 27.7 Å². The molecule has 26 heavy (non-hydrogen) atoms. The van der Waals surface area contributed by atoms with Crippen molar-refractivity contribution in [1.82, 2.24) is 9.88 Å². The van der Waals surface area contributed by atoms with Crippen LogP contribution in [0.2, 0.25) is 0 Å². The van der Waals surface area contributed by atoms with Crippen LogP contribution in [0.1, 0.15) is 49.3 Å². The number of aliphatic hydroxyl groups excluding tert-OH is 1. The van der Waals surface area contributed by atoms with E-state index < -0.39 is 0 Å². The van der Waals surface area contributed by atoms with Gasteiger partial charge in [-0.25, -0.2) is 4.98 Å². The van der Waals surface area contributed by atoms with E-state index in [9.17, 15) is 10.1 Å². The molecule has 4 rings (SSSR count). The van der Waals surface area contributed by atoms with Gasteiger partial charge in [-0.3, -0.25) is 4.79 Å². The standard InChI is InChI=1S/C19H23BrN4O2/c20-15-9-14(10-21)19(22-18(15)13-3-4-13)23-6-7-24(17(26)5-8-25)16(11-23)12-1-2-12/h9,12-13,16,25H,1-8,11H2. The van der Waals surface area contributed by atoms with Crippen LogP contribution in [0.3, 0.4) is 0 Å². The molecule has 7 heteroatoms. The Morgan fingerprint density at radius 2 is 2.12 bits per heavy atom. The molecule has 3 fully saturated rings. The highest BCUT2D eigenvalue weighted by atomic mass is 79.9. The smallest absolute Gasteiger partial charge is 0.225 e. The normalized spacial score (nSPS) is 23.0. The number of carbonyl (C=O) groups excluding carboxylic acids is 1. The molecule has 1 N–H and O–H groups in total. The minimum atomic E-state index is -0.103. The number of carbonyl (C=O) groups is 1. The second kappa shape index (κ2) is 7.16. The fraction of sp³-hybridized carbons (Fsp3) is 0.632. The van der Waals surface area contributed by atoms with Crippen molar-refractivity contribution in [3.63, 3.8) is 0 Å². The Balaban J connectivity index is 1.60. The van der Waals surface area contributed by atoms with E-state index in [4.69, 9.17) is 10.1 Å². The first-order chi connectivity index (χ1) is 12.6. The topological polar surface area (TPSA) is 80.5 Å². The lowest BCUT2D eigenvalue weighted by Crippen LogP contribution is -2.56. The van der Waals surface area contributed by atoms with E-state index in [1.165, 1.54) is 0 Å². The van der Waals surface area contributed by atoms with Gasteiger partial charge in [0, 0.05) is 36.4 Å².